The maximum Gasteiger partial charge on any atom is 0.410 e. The monoisotopic (exact) mass is 349 g/mol. The second-order valence-electron chi connectivity index (χ2n) is 8.19. The van der Waals surface area contributed by atoms with E-state index in [0.29, 0.717) is 0 Å². The normalized spacial score (nSPS) is 22.5. The van der Waals surface area contributed by atoms with E-state index in [0.717, 1.165) is 37.2 Å². The van der Waals surface area contributed by atoms with Crippen molar-refractivity contribution in [2.24, 2.45) is 5.41 Å². The van der Waals surface area contributed by atoms with Crippen LogP contribution in [0.15, 0.2) is 29.2 Å². The Morgan fingerprint density at radius 1 is 1.25 bits per heavy atom. The maximum absolute atomic E-state index is 12.1. The van der Waals surface area contributed by atoms with Gasteiger partial charge in [0.2, 0.25) is 0 Å². The van der Waals surface area contributed by atoms with Gasteiger partial charge in [-0.25, -0.2) is 4.79 Å². The summed E-state index contributed by atoms with van der Waals surface area (Å²) in [5.41, 5.74) is 1.08. The van der Waals surface area contributed by atoms with Gasteiger partial charge in [0.1, 0.15) is 5.60 Å². The fraction of sp³-hybridized carbons (Fsp3) is 0.632. The van der Waals surface area contributed by atoms with Crippen molar-refractivity contribution in [2.45, 2.75) is 63.6 Å². The highest BCUT2D eigenvalue weighted by molar-refractivity contribution is 7.94. The SMILES string of the molecule is Cc1ccc(SOC2CCC3(C2)CN(C(=O)OC(C)(C)C)C3)cc1. The molecule has 1 saturated heterocycles. The van der Waals surface area contributed by atoms with Crippen LogP contribution < -0.4 is 0 Å². The molecule has 3 rings (SSSR count). The predicted molar refractivity (Wildman–Crippen MR) is 96.0 cm³/mol. The van der Waals surface area contributed by atoms with Crippen LogP contribution in [-0.2, 0) is 8.92 Å². The first-order valence-corrected chi connectivity index (χ1v) is 9.37. The molecule has 4 nitrogen and oxygen atoms in total. The van der Waals surface area contributed by atoms with Crippen LogP contribution in [0.1, 0.15) is 45.6 Å². The number of benzene rings is 1. The van der Waals surface area contributed by atoms with E-state index in [1.165, 1.54) is 17.6 Å². The first kappa shape index (κ1) is 17.6. The fourth-order valence-corrected chi connectivity index (χ4v) is 4.12. The summed E-state index contributed by atoms with van der Waals surface area (Å²) >= 11 is 1.47. The zero-order chi connectivity index (χ0) is 17.4. The van der Waals surface area contributed by atoms with Gasteiger partial charge >= 0.3 is 6.09 Å². The average Bonchev–Trinajstić information content (AvgIpc) is 2.88. The molecule has 2 aliphatic rings. The van der Waals surface area contributed by atoms with E-state index in [9.17, 15) is 4.79 Å². The molecule has 1 aromatic rings. The summed E-state index contributed by atoms with van der Waals surface area (Å²) < 4.78 is 11.5. The van der Waals surface area contributed by atoms with Crippen LogP contribution in [0.25, 0.3) is 0 Å². The summed E-state index contributed by atoms with van der Waals surface area (Å²) in [5, 5.41) is 0. The van der Waals surface area contributed by atoms with Gasteiger partial charge in [-0.05, 0) is 59.1 Å². The first-order valence-electron chi connectivity index (χ1n) is 8.63. The molecule has 24 heavy (non-hydrogen) atoms. The van der Waals surface area contributed by atoms with E-state index in [-0.39, 0.29) is 17.6 Å². The first-order chi connectivity index (χ1) is 11.2. The lowest BCUT2D eigenvalue weighted by molar-refractivity contribution is -0.0346. The number of carbonyl (C=O) groups is 1. The number of rotatable bonds is 3. The number of hydrogen-bond donors (Lipinski definition) is 0. The molecular formula is C19H27NO3S. The highest BCUT2D eigenvalue weighted by Gasteiger charge is 2.51. The predicted octanol–water partition coefficient (Wildman–Crippen LogP) is 4.81. The van der Waals surface area contributed by atoms with Crippen LogP contribution in [0.5, 0.6) is 0 Å². The Morgan fingerprint density at radius 3 is 2.54 bits per heavy atom. The number of carbonyl (C=O) groups excluding carboxylic acids is 1. The summed E-state index contributed by atoms with van der Waals surface area (Å²) in [6.07, 6.45) is 3.32. The van der Waals surface area contributed by atoms with Crippen molar-refractivity contribution >= 4 is 18.1 Å². The lowest BCUT2D eigenvalue weighted by atomic mass is 9.78. The Bertz CT molecular complexity index is 588. The fourth-order valence-electron chi connectivity index (χ4n) is 3.46. The standard InChI is InChI=1S/C19H27NO3S/c1-14-5-7-16(8-6-14)24-23-15-9-10-19(11-15)12-20(13-19)17(21)22-18(2,3)4/h5-8,15H,9-13H2,1-4H3. The van der Waals surface area contributed by atoms with Gasteiger partial charge in [-0.3, -0.25) is 0 Å². The smallest absolute Gasteiger partial charge is 0.410 e. The Hall–Kier alpha value is -1.20. The van der Waals surface area contributed by atoms with Crippen LogP contribution in [0.4, 0.5) is 4.79 Å². The van der Waals surface area contributed by atoms with Crippen molar-refractivity contribution in [1.29, 1.82) is 0 Å². The van der Waals surface area contributed by atoms with E-state index in [4.69, 9.17) is 8.92 Å². The average molecular weight is 349 g/mol. The minimum absolute atomic E-state index is 0.188. The molecule has 0 radical (unpaired) electrons. The highest BCUT2D eigenvalue weighted by Crippen LogP contribution is 2.48. The quantitative estimate of drug-likeness (QED) is 0.734. The topological polar surface area (TPSA) is 38.8 Å². The van der Waals surface area contributed by atoms with Gasteiger partial charge in [0, 0.05) is 35.4 Å². The molecule has 1 aliphatic carbocycles. The number of aryl methyl sites for hydroxylation is 1. The Morgan fingerprint density at radius 2 is 1.92 bits per heavy atom. The van der Waals surface area contributed by atoms with Crippen molar-refractivity contribution in [3.05, 3.63) is 29.8 Å². The second kappa shape index (κ2) is 6.60. The molecule has 0 aromatic heterocycles. The largest absolute Gasteiger partial charge is 0.444 e. The van der Waals surface area contributed by atoms with Crippen molar-refractivity contribution in [3.8, 4) is 0 Å². The van der Waals surface area contributed by atoms with Crippen LogP contribution in [0.3, 0.4) is 0 Å². The number of ether oxygens (including phenoxy) is 1. The Balaban J connectivity index is 1.43. The van der Waals surface area contributed by atoms with Gasteiger partial charge < -0.3 is 13.8 Å². The van der Waals surface area contributed by atoms with Gasteiger partial charge in [-0.1, -0.05) is 17.7 Å². The Labute approximate surface area is 149 Å². The molecule has 0 N–H and O–H groups in total. The lowest BCUT2D eigenvalue weighted by Gasteiger charge is -2.48. The van der Waals surface area contributed by atoms with Gasteiger partial charge in [0.25, 0.3) is 0 Å². The molecule has 1 spiro atoms. The molecule has 1 amide bonds. The minimum atomic E-state index is -0.425. The molecular weight excluding hydrogens is 322 g/mol. The van der Waals surface area contributed by atoms with Crippen molar-refractivity contribution in [2.75, 3.05) is 13.1 Å². The maximum atomic E-state index is 12.1. The molecule has 1 saturated carbocycles. The molecule has 0 bridgehead atoms. The third-order valence-corrected chi connectivity index (χ3v) is 5.50. The van der Waals surface area contributed by atoms with E-state index < -0.39 is 5.60 Å². The minimum Gasteiger partial charge on any atom is -0.444 e. The van der Waals surface area contributed by atoms with Gasteiger partial charge in [0.15, 0.2) is 0 Å². The van der Waals surface area contributed by atoms with Crippen LogP contribution >= 0.6 is 12.0 Å². The lowest BCUT2D eigenvalue weighted by Crippen LogP contribution is -2.58. The molecule has 132 valence electrons. The number of hydrogen-bond acceptors (Lipinski definition) is 4. The molecule has 1 heterocycles. The molecule has 1 atom stereocenters. The third kappa shape index (κ3) is 4.25. The van der Waals surface area contributed by atoms with Crippen LogP contribution in [0, 0.1) is 12.3 Å². The number of amides is 1. The number of likely N-dealkylation sites (tertiary alicyclic amines) is 1. The van der Waals surface area contributed by atoms with Gasteiger partial charge in [0.05, 0.1) is 6.10 Å². The molecule has 1 aliphatic heterocycles. The summed E-state index contributed by atoms with van der Waals surface area (Å²) in [4.78, 5) is 15.0. The molecule has 5 heteroatoms. The van der Waals surface area contributed by atoms with Crippen molar-refractivity contribution in [1.82, 2.24) is 4.90 Å². The molecule has 1 unspecified atom stereocenters. The molecule has 1 aromatic carbocycles. The zero-order valence-corrected chi connectivity index (χ0v) is 15.8. The molecule has 2 fully saturated rings. The van der Waals surface area contributed by atoms with Crippen LogP contribution in [-0.4, -0.2) is 35.8 Å². The van der Waals surface area contributed by atoms with Gasteiger partial charge in [-0.15, -0.1) is 0 Å². The summed E-state index contributed by atoms with van der Waals surface area (Å²) in [6.45, 7) is 9.41. The van der Waals surface area contributed by atoms with E-state index in [1.54, 1.807) is 0 Å². The van der Waals surface area contributed by atoms with E-state index in [2.05, 4.69) is 31.2 Å². The Kier molecular flexibility index (Phi) is 4.85. The van der Waals surface area contributed by atoms with E-state index in [1.807, 2.05) is 25.7 Å². The van der Waals surface area contributed by atoms with Gasteiger partial charge in [-0.2, -0.15) is 0 Å². The summed E-state index contributed by atoms with van der Waals surface area (Å²) in [6, 6.07) is 8.40. The second-order valence-corrected chi connectivity index (χ2v) is 9.02. The van der Waals surface area contributed by atoms with Crippen LogP contribution in [0.2, 0.25) is 0 Å². The number of nitrogens with zero attached hydrogens (tertiary/aromatic N) is 1. The van der Waals surface area contributed by atoms with E-state index >= 15 is 0 Å². The van der Waals surface area contributed by atoms with Crippen molar-refractivity contribution in [3.63, 3.8) is 0 Å². The summed E-state index contributed by atoms with van der Waals surface area (Å²) in [7, 11) is 0. The third-order valence-electron chi connectivity index (χ3n) is 4.66. The van der Waals surface area contributed by atoms with Crippen molar-refractivity contribution < 1.29 is 13.7 Å². The highest BCUT2D eigenvalue weighted by atomic mass is 32.2. The zero-order valence-electron chi connectivity index (χ0n) is 15.0. The summed E-state index contributed by atoms with van der Waals surface area (Å²) in [5.74, 6) is 0.